The number of nitrogens with one attached hydrogen (secondary N) is 1. The van der Waals surface area contributed by atoms with E-state index in [-0.39, 0.29) is 0 Å². The van der Waals surface area contributed by atoms with Gasteiger partial charge in [0, 0.05) is 37.7 Å². The molecule has 3 rings (SSSR count). The third-order valence-electron chi connectivity index (χ3n) is 4.48. The first-order valence-corrected chi connectivity index (χ1v) is 7.56. The monoisotopic (exact) mass is 260 g/mol. The molecule has 2 fully saturated rings. The average molecular weight is 260 g/mol. The van der Waals surface area contributed by atoms with Crippen LogP contribution in [0.15, 0.2) is 18.6 Å². The third kappa shape index (κ3) is 3.51. The van der Waals surface area contributed by atoms with E-state index < -0.39 is 0 Å². The van der Waals surface area contributed by atoms with Crippen LogP contribution in [-0.4, -0.2) is 40.5 Å². The summed E-state index contributed by atoms with van der Waals surface area (Å²) in [4.78, 5) is 11.1. The van der Waals surface area contributed by atoms with Gasteiger partial charge in [-0.3, -0.25) is 14.9 Å². The molecule has 1 saturated carbocycles. The molecule has 1 saturated heterocycles. The van der Waals surface area contributed by atoms with Crippen LogP contribution >= 0.6 is 0 Å². The fraction of sp³-hybridized carbons (Fsp3) is 0.733. The van der Waals surface area contributed by atoms with Crippen molar-refractivity contribution in [3.8, 4) is 0 Å². The Bertz CT molecular complexity index is 382. The molecule has 0 bridgehead atoms. The molecule has 1 aromatic rings. The number of likely N-dealkylation sites (tertiary alicyclic amines) is 1. The normalized spacial score (nSPS) is 23.4. The van der Waals surface area contributed by atoms with E-state index in [4.69, 9.17) is 0 Å². The summed E-state index contributed by atoms with van der Waals surface area (Å²) in [7, 11) is 0. The summed E-state index contributed by atoms with van der Waals surface area (Å²) in [6, 6.07) is 1.11. The van der Waals surface area contributed by atoms with Crippen LogP contribution in [0.3, 0.4) is 0 Å². The molecule has 1 aromatic heterocycles. The van der Waals surface area contributed by atoms with Crippen molar-refractivity contribution >= 4 is 0 Å². The van der Waals surface area contributed by atoms with Gasteiger partial charge in [0.25, 0.3) is 0 Å². The van der Waals surface area contributed by atoms with Gasteiger partial charge >= 0.3 is 0 Å². The molecule has 4 heteroatoms. The maximum Gasteiger partial charge on any atom is 0.0755 e. The van der Waals surface area contributed by atoms with Gasteiger partial charge in [-0.15, -0.1) is 0 Å². The first-order chi connectivity index (χ1) is 9.33. The van der Waals surface area contributed by atoms with Crippen molar-refractivity contribution < 1.29 is 0 Å². The quantitative estimate of drug-likeness (QED) is 0.879. The lowest BCUT2D eigenvalue weighted by molar-refractivity contribution is 0.149. The lowest BCUT2D eigenvalue weighted by Crippen LogP contribution is -2.44. The molecule has 0 aromatic carbocycles. The standard InChI is InChI=1S/C15H24N4/c1-12(15-11-16-6-7-17-15)19-8-4-14(5-9-19)18-10-13-2-3-13/h6-7,11-14,18H,2-5,8-10H2,1H3. The van der Waals surface area contributed by atoms with E-state index in [0.29, 0.717) is 6.04 Å². The average Bonchev–Trinajstić information content (AvgIpc) is 3.30. The molecule has 104 valence electrons. The summed E-state index contributed by atoms with van der Waals surface area (Å²) >= 11 is 0. The Hall–Kier alpha value is -1.00. The van der Waals surface area contributed by atoms with Gasteiger partial charge in [0.2, 0.25) is 0 Å². The van der Waals surface area contributed by atoms with Gasteiger partial charge in [-0.05, 0) is 45.1 Å². The van der Waals surface area contributed by atoms with Gasteiger partial charge < -0.3 is 5.32 Å². The summed E-state index contributed by atoms with van der Waals surface area (Å²) < 4.78 is 0. The van der Waals surface area contributed by atoms with Crippen molar-refractivity contribution in [2.75, 3.05) is 19.6 Å². The second-order valence-corrected chi connectivity index (χ2v) is 5.97. The Kier molecular flexibility index (Phi) is 4.09. The highest BCUT2D eigenvalue weighted by atomic mass is 15.2. The number of hydrogen-bond donors (Lipinski definition) is 1. The summed E-state index contributed by atoms with van der Waals surface area (Å²) in [6.07, 6.45) is 10.8. The summed E-state index contributed by atoms with van der Waals surface area (Å²) in [5, 5.41) is 3.73. The molecule has 0 radical (unpaired) electrons. The van der Waals surface area contributed by atoms with Crippen LogP contribution < -0.4 is 5.32 Å². The summed E-state index contributed by atoms with van der Waals surface area (Å²) in [6.45, 7) is 5.81. The molecular formula is C15H24N4. The SMILES string of the molecule is CC(c1cnccn1)N1CCC(NCC2CC2)CC1. The van der Waals surface area contributed by atoms with Crippen LogP contribution in [0.2, 0.25) is 0 Å². The van der Waals surface area contributed by atoms with Crippen LogP contribution in [0.4, 0.5) is 0 Å². The van der Waals surface area contributed by atoms with Crippen LogP contribution in [0, 0.1) is 5.92 Å². The van der Waals surface area contributed by atoms with E-state index in [0.717, 1.165) is 17.7 Å². The highest BCUT2D eigenvalue weighted by Gasteiger charge is 2.26. The molecule has 1 N–H and O–H groups in total. The Morgan fingerprint density at radius 3 is 2.68 bits per heavy atom. The summed E-state index contributed by atoms with van der Waals surface area (Å²) in [5.74, 6) is 0.983. The Morgan fingerprint density at radius 1 is 1.26 bits per heavy atom. The van der Waals surface area contributed by atoms with Crippen LogP contribution in [0.1, 0.15) is 44.3 Å². The number of aromatic nitrogens is 2. The third-order valence-corrected chi connectivity index (χ3v) is 4.48. The first kappa shape index (κ1) is 13.0. The Balaban J connectivity index is 1.46. The van der Waals surface area contributed by atoms with Gasteiger partial charge in [-0.2, -0.15) is 0 Å². The molecule has 1 aliphatic heterocycles. The second kappa shape index (κ2) is 5.97. The van der Waals surface area contributed by atoms with Crippen molar-refractivity contribution in [1.82, 2.24) is 20.2 Å². The first-order valence-electron chi connectivity index (χ1n) is 7.56. The molecule has 1 atom stereocenters. The maximum absolute atomic E-state index is 4.42. The molecule has 0 spiro atoms. The minimum Gasteiger partial charge on any atom is -0.314 e. The van der Waals surface area contributed by atoms with Crippen molar-refractivity contribution in [2.45, 2.75) is 44.7 Å². The Labute approximate surface area is 115 Å². The van der Waals surface area contributed by atoms with Gasteiger partial charge in [0.1, 0.15) is 0 Å². The lowest BCUT2D eigenvalue weighted by atomic mass is 10.0. The van der Waals surface area contributed by atoms with Crippen molar-refractivity contribution in [1.29, 1.82) is 0 Å². The van der Waals surface area contributed by atoms with Crippen molar-refractivity contribution in [2.24, 2.45) is 5.92 Å². The van der Waals surface area contributed by atoms with Crippen LogP contribution in [-0.2, 0) is 0 Å². The van der Waals surface area contributed by atoms with Crippen molar-refractivity contribution in [3.05, 3.63) is 24.3 Å². The van der Waals surface area contributed by atoms with Crippen LogP contribution in [0.25, 0.3) is 0 Å². The molecule has 2 aliphatic rings. The predicted octanol–water partition coefficient (Wildman–Crippen LogP) is 2.00. The highest BCUT2D eigenvalue weighted by Crippen LogP contribution is 2.28. The highest BCUT2D eigenvalue weighted by molar-refractivity contribution is 5.02. The largest absolute Gasteiger partial charge is 0.314 e. The van der Waals surface area contributed by atoms with E-state index in [9.17, 15) is 0 Å². The molecule has 1 unspecified atom stereocenters. The smallest absolute Gasteiger partial charge is 0.0755 e. The van der Waals surface area contributed by atoms with E-state index >= 15 is 0 Å². The number of rotatable bonds is 5. The van der Waals surface area contributed by atoms with Gasteiger partial charge in [0.05, 0.1) is 11.7 Å². The fourth-order valence-corrected chi connectivity index (χ4v) is 2.86. The second-order valence-electron chi connectivity index (χ2n) is 5.97. The van der Waals surface area contributed by atoms with E-state index in [1.165, 1.54) is 45.3 Å². The lowest BCUT2D eigenvalue weighted by Gasteiger charge is -2.36. The number of nitrogens with zero attached hydrogens (tertiary/aromatic N) is 3. The fourth-order valence-electron chi connectivity index (χ4n) is 2.86. The molecule has 19 heavy (non-hydrogen) atoms. The topological polar surface area (TPSA) is 41.1 Å². The zero-order valence-electron chi connectivity index (χ0n) is 11.8. The van der Waals surface area contributed by atoms with Crippen molar-refractivity contribution in [3.63, 3.8) is 0 Å². The minimum atomic E-state index is 0.387. The van der Waals surface area contributed by atoms with Gasteiger partial charge in [0.15, 0.2) is 0 Å². The maximum atomic E-state index is 4.42. The predicted molar refractivity (Wildman–Crippen MR) is 75.8 cm³/mol. The van der Waals surface area contributed by atoms with E-state index in [1.54, 1.807) is 12.4 Å². The molecule has 0 amide bonds. The minimum absolute atomic E-state index is 0.387. The Morgan fingerprint density at radius 2 is 2.05 bits per heavy atom. The van der Waals surface area contributed by atoms with Crippen LogP contribution in [0.5, 0.6) is 0 Å². The van der Waals surface area contributed by atoms with Gasteiger partial charge in [-0.1, -0.05) is 0 Å². The zero-order valence-corrected chi connectivity index (χ0v) is 11.8. The van der Waals surface area contributed by atoms with E-state index in [2.05, 4.69) is 27.1 Å². The molecule has 4 nitrogen and oxygen atoms in total. The molecule has 2 heterocycles. The molecule has 1 aliphatic carbocycles. The van der Waals surface area contributed by atoms with E-state index in [1.807, 2.05) is 6.20 Å². The summed E-state index contributed by atoms with van der Waals surface area (Å²) in [5.41, 5.74) is 1.09. The zero-order chi connectivity index (χ0) is 13.1. The molecular weight excluding hydrogens is 236 g/mol. The number of hydrogen-bond acceptors (Lipinski definition) is 4. The van der Waals surface area contributed by atoms with Gasteiger partial charge in [-0.25, -0.2) is 0 Å². The number of piperidine rings is 1.